The highest BCUT2D eigenvalue weighted by molar-refractivity contribution is 6.21. The van der Waals surface area contributed by atoms with Gasteiger partial charge in [0.1, 0.15) is 0 Å². The molecule has 0 atom stereocenters. The van der Waals surface area contributed by atoms with E-state index in [4.69, 9.17) is 4.74 Å². The molecule has 2 rings (SSSR count). The lowest BCUT2D eigenvalue weighted by Crippen LogP contribution is -2.30. The van der Waals surface area contributed by atoms with Crippen LogP contribution in [0.5, 0.6) is 0 Å². The Morgan fingerprint density at radius 3 is 1.53 bits per heavy atom. The summed E-state index contributed by atoms with van der Waals surface area (Å²) in [6.07, 6.45) is 17.4. The van der Waals surface area contributed by atoms with Crippen LogP contribution >= 0.6 is 0 Å². The lowest BCUT2D eigenvalue weighted by Gasteiger charge is -2.13. The fourth-order valence-corrected chi connectivity index (χ4v) is 4.34. The molecule has 178 valence electrons. The summed E-state index contributed by atoms with van der Waals surface area (Å²) in [4.78, 5) is 37.3. The highest BCUT2D eigenvalue weighted by Gasteiger charge is 2.34. The van der Waals surface area contributed by atoms with E-state index in [0.29, 0.717) is 30.7 Å². The van der Waals surface area contributed by atoms with E-state index in [1.165, 1.54) is 69.1 Å². The van der Waals surface area contributed by atoms with E-state index < -0.39 is 0 Å². The first-order chi connectivity index (χ1) is 15.6. The number of hydrogen-bond donors (Lipinski definition) is 0. The van der Waals surface area contributed by atoms with Gasteiger partial charge in [0.2, 0.25) is 0 Å². The molecule has 0 fully saturated rings. The molecule has 0 N–H and O–H groups in total. The van der Waals surface area contributed by atoms with E-state index in [2.05, 4.69) is 0 Å². The van der Waals surface area contributed by atoms with Crippen LogP contribution in [0.15, 0.2) is 24.3 Å². The number of carbonyl (C=O) groups is 3. The molecule has 2 amide bonds. The Morgan fingerprint density at radius 1 is 0.688 bits per heavy atom. The van der Waals surface area contributed by atoms with E-state index >= 15 is 0 Å². The van der Waals surface area contributed by atoms with Crippen molar-refractivity contribution < 1.29 is 19.1 Å². The monoisotopic (exact) mass is 443 g/mol. The van der Waals surface area contributed by atoms with Gasteiger partial charge in [-0.2, -0.15) is 0 Å². The third kappa shape index (κ3) is 9.13. The number of rotatable bonds is 18. The predicted octanol–water partition coefficient (Wildman–Crippen LogP) is 6.70. The normalized spacial score (nSPS) is 13.0. The van der Waals surface area contributed by atoms with E-state index in [1.54, 1.807) is 12.1 Å². The third-order valence-corrected chi connectivity index (χ3v) is 6.20. The number of unbranched alkanes of at least 4 members (excludes halogenated alkanes) is 13. The third-order valence-electron chi connectivity index (χ3n) is 6.20. The second-order valence-corrected chi connectivity index (χ2v) is 8.81. The molecule has 1 aromatic carbocycles. The summed E-state index contributed by atoms with van der Waals surface area (Å²) >= 11 is 0. The lowest BCUT2D eigenvalue weighted by molar-refractivity contribution is -0.143. The van der Waals surface area contributed by atoms with Crippen molar-refractivity contribution in [1.82, 2.24) is 4.90 Å². The lowest BCUT2D eigenvalue weighted by atomic mass is 10.0. The van der Waals surface area contributed by atoms with Gasteiger partial charge in [-0.05, 0) is 31.9 Å². The van der Waals surface area contributed by atoms with Crippen LogP contribution < -0.4 is 0 Å². The molecule has 0 aromatic heterocycles. The molecular weight excluding hydrogens is 402 g/mol. The van der Waals surface area contributed by atoms with Gasteiger partial charge in [-0.1, -0.05) is 89.2 Å². The molecule has 1 aromatic rings. The van der Waals surface area contributed by atoms with Crippen LogP contribution in [0.3, 0.4) is 0 Å². The zero-order valence-corrected chi connectivity index (χ0v) is 19.9. The van der Waals surface area contributed by atoms with Gasteiger partial charge in [0, 0.05) is 13.0 Å². The van der Waals surface area contributed by atoms with E-state index in [9.17, 15) is 14.4 Å². The van der Waals surface area contributed by atoms with Crippen molar-refractivity contribution in [2.75, 3.05) is 13.2 Å². The maximum atomic E-state index is 12.3. The summed E-state index contributed by atoms with van der Waals surface area (Å²) in [5, 5.41) is 0. The number of carbonyl (C=O) groups excluding carboxylic acids is 3. The summed E-state index contributed by atoms with van der Waals surface area (Å²) in [6, 6.07) is 7.10. The number of benzene rings is 1. The zero-order valence-electron chi connectivity index (χ0n) is 19.9. The topological polar surface area (TPSA) is 63.7 Å². The minimum Gasteiger partial charge on any atom is -0.466 e. The Hall–Kier alpha value is -2.17. The number of nitrogens with zero attached hydrogens (tertiary/aromatic N) is 1. The average Bonchev–Trinajstić information content (AvgIpc) is 3.04. The number of fused-ring (bicyclic) bond motifs is 1. The van der Waals surface area contributed by atoms with E-state index in [1.807, 2.05) is 19.1 Å². The Kier molecular flexibility index (Phi) is 12.7. The van der Waals surface area contributed by atoms with Gasteiger partial charge >= 0.3 is 5.97 Å². The Morgan fingerprint density at radius 2 is 1.09 bits per heavy atom. The fraction of sp³-hybridized carbons (Fsp3) is 0.667. The minimum absolute atomic E-state index is 0.0599. The second kappa shape index (κ2) is 15.6. The molecule has 1 heterocycles. The SMILES string of the molecule is CCOC(=O)CCCCCCCCCCCCCCCCN1C(=O)c2ccccc2C1=O. The van der Waals surface area contributed by atoms with E-state index in [0.717, 1.165) is 25.7 Å². The number of imide groups is 1. The maximum absolute atomic E-state index is 12.3. The largest absolute Gasteiger partial charge is 0.466 e. The van der Waals surface area contributed by atoms with Crippen LogP contribution in [-0.4, -0.2) is 35.8 Å². The summed E-state index contributed by atoms with van der Waals surface area (Å²) in [6.45, 7) is 2.87. The van der Waals surface area contributed by atoms with Crippen LogP contribution in [0.1, 0.15) is 124 Å². The van der Waals surface area contributed by atoms with Crippen LogP contribution in [0, 0.1) is 0 Å². The Bertz CT molecular complexity index is 680. The second-order valence-electron chi connectivity index (χ2n) is 8.81. The van der Waals surface area contributed by atoms with Gasteiger partial charge in [-0.15, -0.1) is 0 Å². The molecule has 1 aliphatic rings. The molecular formula is C27H41NO4. The maximum Gasteiger partial charge on any atom is 0.305 e. The Labute approximate surface area is 193 Å². The number of amides is 2. The van der Waals surface area contributed by atoms with Crippen molar-refractivity contribution in [3.05, 3.63) is 35.4 Å². The molecule has 0 saturated heterocycles. The Balaban J connectivity index is 1.34. The van der Waals surface area contributed by atoms with Crippen molar-refractivity contribution in [1.29, 1.82) is 0 Å². The van der Waals surface area contributed by atoms with Crippen molar-refractivity contribution in [2.24, 2.45) is 0 Å². The average molecular weight is 444 g/mol. The number of ether oxygens (including phenoxy) is 1. The van der Waals surface area contributed by atoms with Crippen molar-refractivity contribution in [3.8, 4) is 0 Å². The zero-order chi connectivity index (χ0) is 23.0. The van der Waals surface area contributed by atoms with Gasteiger partial charge < -0.3 is 4.74 Å². The van der Waals surface area contributed by atoms with Crippen LogP contribution in [0.4, 0.5) is 0 Å². The quantitative estimate of drug-likeness (QED) is 0.144. The standard InChI is InChI=1S/C27H41NO4/c1-2-32-25(29)21-15-13-11-9-7-5-3-4-6-8-10-12-14-18-22-28-26(30)23-19-16-17-20-24(23)27(28)31/h16-17,19-20H,2-15,18,21-22H2,1H3. The van der Waals surface area contributed by atoms with Crippen molar-refractivity contribution in [3.63, 3.8) is 0 Å². The van der Waals surface area contributed by atoms with Crippen LogP contribution in [-0.2, 0) is 9.53 Å². The molecule has 0 bridgehead atoms. The first kappa shape index (κ1) is 26.1. The summed E-state index contributed by atoms with van der Waals surface area (Å²) in [7, 11) is 0. The smallest absolute Gasteiger partial charge is 0.305 e. The van der Waals surface area contributed by atoms with Crippen LogP contribution in [0.2, 0.25) is 0 Å². The molecule has 0 radical (unpaired) electrons. The molecule has 5 nitrogen and oxygen atoms in total. The highest BCUT2D eigenvalue weighted by Crippen LogP contribution is 2.23. The molecule has 1 aliphatic heterocycles. The van der Waals surface area contributed by atoms with Crippen molar-refractivity contribution >= 4 is 17.8 Å². The number of esters is 1. The molecule has 0 unspecified atom stereocenters. The van der Waals surface area contributed by atoms with Gasteiger partial charge in [0.25, 0.3) is 11.8 Å². The van der Waals surface area contributed by atoms with Crippen molar-refractivity contribution in [2.45, 2.75) is 103 Å². The molecule has 32 heavy (non-hydrogen) atoms. The van der Waals surface area contributed by atoms with Gasteiger partial charge in [-0.3, -0.25) is 19.3 Å². The van der Waals surface area contributed by atoms with E-state index in [-0.39, 0.29) is 17.8 Å². The van der Waals surface area contributed by atoms with Gasteiger partial charge in [0.05, 0.1) is 17.7 Å². The first-order valence-electron chi connectivity index (χ1n) is 12.8. The molecule has 0 saturated carbocycles. The summed E-state index contributed by atoms with van der Waals surface area (Å²) in [5.74, 6) is -0.333. The van der Waals surface area contributed by atoms with Crippen LogP contribution in [0.25, 0.3) is 0 Å². The number of hydrogen-bond acceptors (Lipinski definition) is 4. The minimum atomic E-state index is -0.137. The summed E-state index contributed by atoms with van der Waals surface area (Å²) < 4.78 is 4.94. The fourth-order valence-electron chi connectivity index (χ4n) is 4.34. The molecule has 0 spiro atoms. The summed E-state index contributed by atoms with van der Waals surface area (Å²) in [5.41, 5.74) is 1.10. The predicted molar refractivity (Wildman–Crippen MR) is 128 cm³/mol. The molecule has 5 heteroatoms. The highest BCUT2D eigenvalue weighted by atomic mass is 16.5. The van der Waals surface area contributed by atoms with Gasteiger partial charge in [0.15, 0.2) is 0 Å². The van der Waals surface area contributed by atoms with Gasteiger partial charge in [-0.25, -0.2) is 0 Å². The first-order valence-corrected chi connectivity index (χ1v) is 12.8. The molecule has 0 aliphatic carbocycles.